The number of nitro benzene ring substituents is 1. The van der Waals surface area contributed by atoms with Crippen molar-refractivity contribution in [3.8, 4) is 11.5 Å². The minimum absolute atomic E-state index is 0.0935. The predicted octanol–water partition coefficient (Wildman–Crippen LogP) is 4.78. The SMILES string of the molecule is O=C(Nc1ccc([N+](=O)[O-])cc1Cl)N1CCC[C@@H]1c1ccc2c(c1)OCCCO2. The van der Waals surface area contributed by atoms with Gasteiger partial charge < -0.3 is 19.7 Å². The van der Waals surface area contributed by atoms with Crippen LogP contribution in [0.4, 0.5) is 16.2 Å². The number of carbonyl (C=O) groups excluding carboxylic acids is 1. The molecule has 2 aromatic rings. The van der Waals surface area contributed by atoms with Crippen molar-refractivity contribution < 1.29 is 19.2 Å². The van der Waals surface area contributed by atoms with Gasteiger partial charge in [0.2, 0.25) is 0 Å². The van der Waals surface area contributed by atoms with Crippen molar-refractivity contribution in [3.63, 3.8) is 0 Å². The lowest BCUT2D eigenvalue weighted by Gasteiger charge is -2.26. The lowest BCUT2D eigenvalue weighted by atomic mass is 10.0. The molecular weight excluding hydrogens is 398 g/mol. The van der Waals surface area contributed by atoms with E-state index in [1.54, 1.807) is 4.90 Å². The summed E-state index contributed by atoms with van der Waals surface area (Å²) in [5, 5.41) is 13.7. The van der Waals surface area contributed by atoms with Gasteiger partial charge in [0.1, 0.15) is 0 Å². The van der Waals surface area contributed by atoms with Gasteiger partial charge in [-0.05, 0) is 36.6 Å². The number of halogens is 1. The average molecular weight is 418 g/mol. The molecule has 0 aliphatic carbocycles. The monoisotopic (exact) mass is 417 g/mol. The van der Waals surface area contributed by atoms with Gasteiger partial charge in [-0.15, -0.1) is 0 Å². The molecule has 2 aliphatic heterocycles. The number of hydrogen-bond donors (Lipinski definition) is 1. The maximum absolute atomic E-state index is 12.9. The number of amides is 2. The molecular formula is C20H20ClN3O5. The fraction of sp³-hybridized carbons (Fsp3) is 0.350. The maximum atomic E-state index is 12.9. The standard InChI is InChI=1S/C20H20ClN3O5/c21-15-12-14(24(26)27)5-6-16(15)22-20(25)23-8-1-3-17(23)13-4-7-18-19(11-13)29-10-2-9-28-18/h4-7,11-12,17H,1-3,8-10H2,(H,22,25)/t17-/m1/s1. The fourth-order valence-electron chi connectivity index (χ4n) is 3.65. The summed E-state index contributed by atoms with van der Waals surface area (Å²) in [7, 11) is 0. The largest absolute Gasteiger partial charge is 0.490 e. The van der Waals surface area contributed by atoms with Crippen LogP contribution in [0.1, 0.15) is 30.9 Å². The molecule has 29 heavy (non-hydrogen) atoms. The normalized spacial score (nSPS) is 18.2. The Kier molecular flexibility index (Phi) is 5.44. The van der Waals surface area contributed by atoms with E-state index in [0.717, 1.165) is 30.6 Å². The molecule has 0 radical (unpaired) electrons. The van der Waals surface area contributed by atoms with Crippen LogP contribution in [0.25, 0.3) is 0 Å². The number of anilines is 1. The van der Waals surface area contributed by atoms with E-state index < -0.39 is 4.92 Å². The highest BCUT2D eigenvalue weighted by atomic mass is 35.5. The first-order valence-electron chi connectivity index (χ1n) is 9.44. The topological polar surface area (TPSA) is 93.9 Å². The highest BCUT2D eigenvalue weighted by molar-refractivity contribution is 6.33. The first-order valence-corrected chi connectivity index (χ1v) is 9.82. The number of rotatable bonds is 3. The second-order valence-corrected chi connectivity index (χ2v) is 7.37. The molecule has 1 fully saturated rings. The van der Waals surface area contributed by atoms with Crippen LogP contribution in [-0.2, 0) is 0 Å². The van der Waals surface area contributed by atoms with E-state index in [4.69, 9.17) is 21.1 Å². The van der Waals surface area contributed by atoms with Gasteiger partial charge in [-0.1, -0.05) is 17.7 Å². The zero-order valence-electron chi connectivity index (χ0n) is 15.6. The Labute approximate surface area is 172 Å². The summed E-state index contributed by atoms with van der Waals surface area (Å²) in [5.41, 5.74) is 1.20. The average Bonchev–Trinajstić information content (AvgIpc) is 3.08. The number of urea groups is 1. The third-order valence-electron chi connectivity index (χ3n) is 5.08. The van der Waals surface area contributed by atoms with Crippen molar-refractivity contribution >= 4 is 29.0 Å². The Morgan fingerprint density at radius 1 is 1.14 bits per heavy atom. The van der Waals surface area contributed by atoms with E-state index in [0.29, 0.717) is 31.2 Å². The van der Waals surface area contributed by atoms with Crippen LogP contribution in [0.15, 0.2) is 36.4 Å². The number of nitrogens with zero attached hydrogens (tertiary/aromatic N) is 2. The van der Waals surface area contributed by atoms with Crippen LogP contribution in [0.3, 0.4) is 0 Å². The molecule has 2 aromatic carbocycles. The van der Waals surface area contributed by atoms with Crippen molar-refractivity contribution in [2.24, 2.45) is 0 Å². The molecule has 9 heteroatoms. The van der Waals surface area contributed by atoms with Crippen LogP contribution >= 0.6 is 11.6 Å². The second kappa shape index (κ2) is 8.16. The molecule has 152 valence electrons. The van der Waals surface area contributed by atoms with Crippen LogP contribution < -0.4 is 14.8 Å². The molecule has 1 atom stereocenters. The number of nitrogens with one attached hydrogen (secondary N) is 1. The summed E-state index contributed by atoms with van der Waals surface area (Å²) in [6, 6.07) is 9.38. The molecule has 0 unspecified atom stereocenters. The van der Waals surface area contributed by atoms with Crippen LogP contribution in [0.5, 0.6) is 11.5 Å². The van der Waals surface area contributed by atoms with Gasteiger partial charge in [0.05, 0.1) is 34.9 Å². The molecule has 0 bridgehead atoms. The minimum atomic E-state index is -0.530. The van der Waals surface area contributed by atoms with Crippen molar-refractivity contribution in [3.05, 3.63) is 57.1 Å². The number of non-ortho nitro benzene ring substituents is 1. The zero-order valence-corrected chi connectivity index (χ0v) is 16.4. The number of nitro groups is 1. The zero-order chi connectivity index (χ0) is 20.4. The number of benzene rings is 2. The number of fused-ring (bicyclic) bond motifs is 1. The van der Waals surface area contributed by atoms with E-state index in [1.165, 1.54) is 18.2 Å². The summed E-state index contributed by atoms with van der Waals surface area (Å²) in [6.07, 6.45) is 2.54. The van der Waals surface area contributed by atoms with E-state index >= 15 is 0 Å². The molecule has 1 saturated heterocycles. The van der Waals surface area contributed by atoms with E-state index in [2.05, 4.69) is 5.32 Å². The molecule has 0 aromatic heterocycles. The van der Waals surface area contributed by atoms with Crippen LogP contribution in [0.2, 0.25) is 5.02 Å². The highest BCUT2D eigenvalue weighted by Crippen LogP contribution is 2.38. The minimum Gasteiger partial charge on any atom is -0.490 e. The van der Waals surface area contributed by atoms with Crippen LogP contribution in [-0.4, -0.2) is 35.6 Å². The number of hydrogen-bond acceptors (Lipinski definition) is 5. The van der Waals surface area contributed by atoms with Gasteiger partial charge in [0, 0.05) is 25.1 Å². The quantitative estimate of drug-likeness (QED) is 0.573. The van der Waals surface area contributed by atoms with Gasteiger partial charge in [0.15, 0.2) is 11.5 Å². The van der Waals surface area contributed by atoms with Gasteiger partial charge in [-0.3, -0.25) is 10.1 Å². The summed E-state index contributed by atoms with van der Waals surface area (Å²) < 4.78 is 11.4. The molecule has 2 amide bonds. The van der Waals surface area contributed by atoms with E-state index in [9.17, 15) is 14.9 Å². The van der Waals surface area contributed by atoms with Gasteiger partial charge in [-0.2, -0.15) is 0 Å². The van der Waals surface area contributed by atoms with E-state index in [-0.39, 0.29) is 22.8 Å². The maximum Gasteiger partial charge on any atom is 0.322 e. The first-order chi connectivity index (χ1) is 14.0. The Morgan fingerprint density at radius 3 is 2.69 bits per heavy atom. The van der Waals surface area contributed by atoms with Crippen molar-refractivity contribution in [2.75, 3.05) is 25.1 Å². The van der Waals surface area contributed by atoms with Gasteiger partial charge in [0.25, 0.3) is 5.69 Å². The number of likely N-dealkylation sites (tertiary alicyclic amines) is 1. The molecule has 0 saturated carbocycles. The molecule has 0 spiro atoms. The Bertz CT molecular complexity index is 952. The summed E-state index contributed by atoms with van der Waals surface area (Å²) in [6.45, 7) is 1.83. The Balaban J connectivity index is 1.52. The van der Waals surface area contributed by atoms with Crippen LogP contribution in [0, 0.1) is 10.1 Å². The van der Waals surface area contributed by atoms with E-state index in [1.807, 2.05) is 18.2 Å². The Morgan fingerprint density at radius 2 is 1.93 bits per heavy atom. The smallest absolute Gasteiger partial charge is 0.322 e. The molecule has 2 aliphatic rings. The fourth-order valence-corrected chi connectivity index (χ4v) is 3.87. The van der Waals surface area contributed by atoms with Gasteiger partial charge in [-0.25, -0.2) is 4.79 Å². The predicted molar refractivity (Wildman–Crippen MR) is 108 cm³/mol. The molecule has 8 nitrogen and oxygen atoms in total. The molecule has 2 heterocycles. The second-order valence-electron chi connectivity index (χ2n) is 6.96. The van der Waals surface area contributed by atoms with Gasteiger partial charge >= 0.3 is 6.03 Å². The summed E-state index contributed by atoms with van der Waals surface area (Å²) in [5.74, 6) is 1.42. The third kappa shape index (κ3) is 4.07. The summed E-state index contributed by atoms with van der Waals surface area (Å²) >= 11 is 6.10. The molecule has 4 rings (SSSR count). The Hall–Kier alpha value is -3.00. The van der Waals surface area contributed by atoms with Crippen molar-refractivity contribution in [1.29, 1.82) is 0 Å². The first kappa shape index (κ1) is 19.3. The summed E-state index contributed by atoms with van der Waals surface area (Å²) in [4.78, 5) is 24.9. The third-order valence-corrected chi connectivity index (χ3v) is 5.39. The highest BCUT2D eigenvalue weighted by Gasteiger charge is 2.31. The van der Waals surface area contributed by atoms with Crippen molar-refractivity contribution in [2.45, 2.75) is 25.3 Å². The molecule has 1 N–H and O–H groups in total. The lowest BCUT2D eigenvalue weighted by molar-refractivity contribution is -0.384. The van der Waals surface area contributed by atoms with Crippen molar-refractivity contribution in [1.82, 2.24) is 4.90 Å². The number of ether oxygens (including phenoxy) is 2. The number of carbonyl (C=O) groups is 1. The lowest BCUT2D eigenvalue weighted by Crippen LogP contribution is -2.34.